The van der Waals surface area contributed by atoms with Gasteiger partial charge < -0.3 is 14.2 Å². The van der Waals surface area contributed by atoms with Gasteiger partial charge in [-0.05, 0) is 51.9 Å². The Kier molecular flexibility index (Phi) is 3.87. The molecular formula is C17H26O4. The number of ether oxygens (including phenoxy) is 3. The monoisotopic (exact) mass is 294 g/mol. The van der Waals surface area contributed by atoms with E-state index in [1.807, 2.05) is 0 Å². The molecule has 4 heteroatoms. The lowest BCUT2D eigenvalue weighted by atomic mass is 9.68. The molecule has 118 valence electrons. The summed E-state index contributed by atoms with van der Waals surface area (Å²) in [6.45, 7) is 6.04. The van der Waals surface area contributed by atoms with Gasteiger partial charge in [0.15, 0.2) is 0 Å². The molecule has 3 aliphatic rings. The van der Waals surface area contributed by atoms with Crippen LogP contribution < -0.4 is 0 Å². The minimum absolute atomic E-state index is 0.251. The van der Waals surface area contributed by atoms with E-state index in [-0.39, 0.29) is 23.1 Å². The highest BCUT2D eigenvalue weighted by Gasteiger charge is 2.62. The number of rotatable bonds is 5. The van der Waals surface area contributed by atoms with Crippen molar-refractivity contribution in [2.24, 2.45) is 5.92 Å². The summed E-state index contributed by atoms with van der Waals surface area (Å²) in [6, 6.07) is 0. The quantitative estimate of drug-likeness (QED) is 0.577. The minimum Gasteiger partial charge on any atom is -0.455 e. The first kappa shape index (κ1) is 15.0. The van der Waals surface area contributed by atoms with Crippen molar-refractivity contribution in [2.45, 2.75) is 69.2 Å². The van der Waals surface area contributed by atoms with Crippen molar-refractivity contribution in [3.63, 3.8) is 0 Å². The molecule has 2 heterocycles. The lowest BCUT2D eigenvalue weighted by molar-refractivity contribution is -0.173. The molecule has 1 saturated carbocycles. The highest BCUT2D eigenvalue weighted by molar-refractivity contribution is 5.87. The number of esters is 1. The summed E-state index contributed by atoms with van der Waals surface area (Å²) in [6.07, 6.45) is 7.54. The first-order valence-electron chi connectivity index (χ1n) is 8.07. The van der Waals surface area contributed by atoms with Crippen LogP contribution in [0, 0.1) is 5.92 Å². The predicted octanol–water partition coefficient (Wildman–Crippen LogP) is 3.00. The summed E-state index contributed by atoms with van der Waals surface area (Å²) < 4.78 is 17.7. The molecule has 1 aliphatic carbocycles. The normalized spacial score (nSPS) is 36.9. The number of fused-ring (bicyclic) bond motifs is 2. The Hall–Kier alpha value is -0.870. The second-order valence-electron chi connectivity index (χ2n) is 7.01. The molecule has 2 bridgehead atoms. The van der Waals surface area contributed by atoms with Crippen LogP contribution in [-0.4, -0.2) is 37.0 Å². The van der Waals surface area contributed by atoms with Crippen LogP contribution in [0.4, 0.5) is 0 Å². The van der Waals surface area contributed by atoms with E-state index in [0.29, 0.717) is 18.3 Å². The number of carbonyl (C=O) groups excluding carboxylic acids is 1. The van der Waals surface area contributed by atoms with Gasteiger partial charge in [-0.1, -0.05) is 6.58 Å². The van der Waals surface area contributed by atoms with E-state index < -0.39 is 0 Å². The average Bonchev–Trinajstić information content (AvgIpc) is 3.12. The number of methoxy groups -OCH3 is 1. The molecule has 3 rings (SSSR count). The fourth-order valence-electron chi connectivity index (χ4n) is 4.67. The van der Waals surface area contributed by atoms with Gasteiger partial charge in [-0.3, -0.25) is 0 Å². The molecule has 21 heavy (non-hydrogen) atoms. The van der Waals surface area contributed by atoms with Crippen molar-refractivity contribution in [2.75, 3.05) is 13.7 Å². The summed E-state index contributed by atoms with van der Waals surface area (Å²) in [5.41, 5.74) is -0.144. The Balaban J connectivity index is 1.87. The Morgan fingerprint density at radius 3 is 2.62 bits per heavy atom. The maximum Gasteiger partial charge on any atom is 0.333 e. The summed E-state index contributed by atoms with van der Waals surface area (Å²) in [5.74, 6) is 0.00161. The van der Waals surface area contributed by atoms with Gasteiger partial charge in [0.1, 0.15) is 5.60 Å². The molecule has 3 atom stereocenters. The second kappa shape index (κ2) is 5.40. The van der Waals surface area contributed by atoms with E-state index in [1.165, 1.54) is 0 Å². The van der Waals surface area contributed by atoms with Gasteiger partial charge in [-0.2, -0.15) is 0 Å². The maximum atomic E-state index is 12.1. The van der Waals surface area contributed by atoms with Gasteiger partial charge in [0.2, 0.25) is 0 Å². The van der Waals surface area contributed by atoms with Gasteiger partial charge in [0, 0.05) is 18.6 Å². The molecule has 3 fully saturated rings. The van der Waals surface area contributed by atoms with E-state index in [2.05, 4.69) is 6.58 Å². The van der Waals surface area contributed by atoms with Crippen LogP contribution in [0.5, 0.6) is 0 Å². The Bertz CT molecular complexity index is 438. The van der Waals surface area contributed by atoms with E-state index in [1.54, 1.807) is 14.0 Å². The van der Waals surface area contributed by atoms with Crippen molar-refractivity contribution in [3.05, 3.63) is 12.2 Å². The smallest absolute Gasteiger partial charge is 0.333 e. The van der Waals surface area contributed by atoms with Crippen LogP contribution in [-0.2, 0) is 19.0 Å². The van der Waals surface area contributed by atoms with E-state index in [9.17, 15) is 4.79 Å². The molecular weight excluding hydrogens is 268 g/mol. The standard InChI is InChI=1S/C17H26O4/c1-12(2)15(18)21-16(7-4-5-8-16)14-10-13-6-9-17(14,20-13)11-19-3/h13-14H,1,4-11H2,2-3H3. The van der Waals surface area contributed by atoms with Gasteiger partial charge >= 0.3 is 5.97 Å². The third-order valence-electron chi connectivity index (χ3n) is 5.54. The summed E-state index contributed by atoms with van der Waals surface area (Å²) in [5, 5.41) is 0. The highest BCUT2D eigenvalue weighted by atomic mass is 16.6. The molecule has 0 aromatic heterocycles. The van der Waals surface area contributed by atoms with Crippen LogP contribution >= 0.6 is 0 Å². The summed E-state index contributed by atoms with van der Waals surface area (Å²) >= 11 is 0. The van der Waals surface area contributed by atoms with Crippen molar-refractivity contribution < 1.29 is 19.0 Å². The Labute approximate surface area is 126 Å². The summed E-state index contributed by atoms with van der Waals surface area (Å²) in [4.78, 5) is 12.1. The first-order valence-corrected chi connectivity index (χ1v) is 8.07. The molecule has 0 spiro atoms. The third kappa shape index (κ3) is 2.42. The summed E-state index contributed by atoms with van der Waals surface area (Å²) in [7, 11) is 1.72. The van der Waals surface area contributed by atoms with E-state index in [0.717, 1.165) is 44.9 Å². The van der Waals surface area contributed by atoms with E-state index in [4.69, 9.17) is 14.2 Å². The first-order chi connectivity index (χ1) is 10.0. The van der Waals surface area contributed by atoms with Gasteiger partial charge in [0.05, 0.1) is 18.3 Å². The molecule has 4 nitrogen and oxygen atoms in total. The minimum atomic E-state index is -0.371. The van der Waals surface area contributed by atoms with E-state index >= 15 is 0 Å². The van der Waals surface area contributed by atoms with Crippen molar-refractivity contribution in [3.8, 4) is 0 Å². The maximum absolute atomic E-state index is 12.1. The molecule has 0 radical (unpaired) electrons. The van der Waals surface area contributed by atoms with Gasteiger partial charge in [0.25, 0.3) is 0 Å². The van der Waals surface area contributed by atoms with Gasteiger partial charge in [-0.15, -0.1) is 0 Å². The molecule has 2 saturated heterocycles. The average molecular weight is 294 g/mol. The van der Waals surface area contributed by atoms with Crippen molar-refractivity contribution in [1.82, 2.24) is 0 Å². The molecule has 0 aromatic rings. The van der Waals surface area contributed by atoms with Crippen LogP contribution in [0.25, 0.3) is 0 Å². The fraction of sp³-hybridized carbons (Fsp3) is 0.824. The van der Waals surface area contributed by atoms with Crippen molar-refractivity contribution >= 4 is 5.97 Å². The zero-order chi connectivity index (χ0) is 15.1. The van der Waals surface area contributed by atoms with Crippen LogP contribution in [0.1, 0.15) is 51.9 Å². The lowest BCUT2D eigenvalue weighted by Gasteiger charge is -2.44. The molecule has 0 N–H and O–H groups in total. The van der Waals surface area contributed by atoms with Crippen LogP contribution in [0.15, 0.2) is 12.2 Å². The lowest BCUT2D eigenvalue weighted by Crippen LogP contribution is -2.52. The molecule has 0 amide bonds. The van der Waals surface area contributed by atoms with Gasteiger partial charge in [-0.25, -0.2) is 4.79 Å². The number of hydrogen-bond acceptors (Lipinski definition) is 4. The SMILES string of the molecule is C=C(C)C(=O)OC1(C2CC3CCC2(COC)O3)CCCC1. The molecule has 3 unspecified atom stereocenters. The number of hydrogen-bond donors (Lipinski definition) is 0. The molecule has 2 aliphatic heterocycles. The topological polar surface area (TPSA) is 44.8 Å². The zero-order valence-electron chi connectivity index (χ0n) is 13.2. The van der Waals surface area contributed by atoms with Crippen molar-refractivity contribution in [1.29, 1.82) is 0 Å². The fourth-order valence-corrected chi connectivity index (χ4v) is 4.67. The third-order valence-corrected chi connectivity index (χ3v) is 5.54. The Morgan fingerprint density at radius 1 is 1.33 bits per heavy atom. The largest absolute Gasteiger partial charge is 0.455 e. The molecule has 0 aromatic carbocycles. The van der Waals surface area contributed by atoms with Crippen LogP contribution in [0.3, 0.4) is 0 Å². The zero-order valence-corrected chi connectivity index (χ0v) is 13.2. The number of carbonyl (C=O) groups is 1. The second-order valence-corrected chi connectivity index (χ2v) is 7.01. The predicted molar refractivity (Wildman–Crippen MR) is 78.9 cm³/mol. The Morgan fingerprint density at radius 2 is 2.05 bits per heavy atom. The highest BCUT2D eigenvalue weighted by Crippen LogP contribution is 2.57. The van der Waals surface area contributed by atoms with Crippen LogP contribution in [0.2, 0.25) is 0 Å².